The Morgan fingerprint density at radius 1 is 1.04 bits per heavy atom. The zero-order valence-corrected chi connectivity index (χ0v) is 15.7. The van der Waals surface area contributed by atoms with E-state index in [1.54, 1.807) is 29.3 Å². The van der Waals surface area contributed by atoms with Crippen molar-refractivity contribution in [3.05, 3.63) is 69.8 Å². The molecule has 2 aromatic rings. The normalized spacial score (nSPS) is 16.1. The molecule has 1 aliphatic rings. The number of H-pyrrole nitrogens is 1. The van der Waals surface area contributed by atoms with Gasteiger partial charge in [0.05, 0.1) is 5.56 Å². The minimum absolute atomic E-state index is 0.177. The molecular weight excluding hydrogens is 370 g/mol. The van der Waals surface area contributed by atoms with Crippen LogP contribution in [0.4, 0.5) is 0 Å². The van der Waals surface area contributed by atoms with E-state index in [2.05, 4.69) is 4.98 Å². The number of aromatic amines is 1. The smallest absolute Gasteiger partial charge is 0.256 e. The third-order valence-corrected chi connectivity index (χ3v) is 6.07. The first-order valence-corrected chi connectivity index (χ1v) is 10.1. The summed E-state index contributed by atoms with van der Waals surface area (Å²) in [4.78, 5) is 17.0. The molecule has 0 aliphatic carbocycles. The van der Waals surface area contributed by atoms with E-state index in [4.69, 9.17) is 12.2 Å². The largest absolute Gasteiger partial charge is 0.352 e. The van der Waals surface area contributed by atoms with Gasteiger partial charge in [0.1, 0.15) is 4.64 Å². The molecular formula is C18H19N3O3S2. The highest BCUT2D eigenvalue weighted by atomic mass is 32.2. The van der Waals surface area contributed by atoms with Crippen molar-refractivity contribution in [3.63, 3.8) is 0 Å². The summed E-state index contributed by atoms with van der Waals surface area (Å²) < 4.78 is 26.7. The van der Waals surface area contributed by atoms with Gasteiger partial charge in [-0.3, -0.25) is 4.79 Å². The second-order valence-corrected chi connectivity index (χ2v) is 8.09. The van der Waals surface area contributed by atoms with E-state index in [-0.39, 0.29) is 19.0 Å². The number of nitrogens with one attached hydrogen (secondary N) is 1. The van der Waals surface area contributed by atoms with Crippen LogP contribution in [0.25, 0.3) is 6.08 Å². The van der Waals surface area contributed by atoms with Crippen LogP contribution >= 0.6 is 12.2 Å². The maximum atomic E-state index is 12.5. The molecule has 1 aliphatic heterocycles. The average molecular weight is 390 g/mol. The highest BCUT2D eigenvalue weighted by Crippen LogP contribution is 2.14. The van der Waals surface area contributed by atoms with Gasteiger partial charge < -0.3 is 9.88 Å². The summed E-state index contributed by atoms with van der Waals surface area (Å²) in [6, 6.07) is 12.7. The van der Waals surface area contributed by atoms with Crippen LogP contribution in [-0.4, -0.2) is 54.7 Å². The zero-order valence-electron chi connectivity index (χ0n) is 14.0. The van der Waals surface area contributed by atoms with E-state index >= 15 is 0 Å². The standard InChI is InChI=1S/C18H19N3O3S2/c22-18(16-7-4-9-19-17(16)25)20-10-12-21(13-11-20)26(23,24)14-8-15-5-2-1-3-6-15/h1-9,14H,10-13H2,(H,19,25)/b14-8+. The predicted molar refractivity (Wildman–Crippen MR) is 103 cm³/mol. The molecule has 0 bridgehead atoms. The van der Waals surface area contributed by atoms with E-state index in [1.165, 1.54) is 9.71 Å². The first-order valence-electron chi connectivity index (χ1n) is 8.18. The quantitative estimate of drug-likeness (QED) is 0.816. The van der Waals surface area contributed by atoms with Gasteiger partial charge in [-0.25, -0.2) is 8.42 Å². The lowest BCUT2D eigenvalue weighted by Crippen LogP contribution is -2.50. The number of amides is 1. The number of hydrogen-bond acceptors (Lipinski definition) is 4. The Hall–Kier alpha value is -2.29. The van der Waals surface area contributed by atoms with E-state index < -0.39 is 10.0 Å². The summed E-state index contributed by atoms with van der Waals surface area (Å²) >= 11 is 5.14. The van der Waals surface area contributed by atoms with Gasteiger partial charge in [0, 0.05) is 37.8 Å². The molecule has 1 fully saturated rings. The Bertz CT molecular complexity index is 960. The molecule has 0 saturated carbocycles. The van der Waals surface area contributed by atoms with Crippen LogP contribution < -0.4 is 0 Å². The Balaban J connectivity index is 1.64. The molecule has 8 heteroatoms. The number of rotatable bonds is 4. The van der Waals surface area contributed by atoms with Crippen molar-refractivity contribution in [3.8, 4) is 0 Å². The summed E-state index contributed by atoms with van der Waals surface area (Å²) in [6.45, 7) is 1.19. The second kappa shape index (κ2) is 7.94. The molecule has 136 valence electrons. The van der Waals surface area contributed by atoms with Crippen molar-refractivity contribution in [1.29, 1.82) is 0 Å². The van der Waals surface area contributed by atoms with Crippen molar-refractivity contribution in [2.45, 2.75) is 0 Å². The number of hydrogen-bond donors (Lipinski definition) is 1. The highest BCUT2D eigenvalue weighted by molar-refractivity contribution is 7.92. The van der Waals surface area contributed by atoms with Crippen LogP contribution in [-0.2, 0) is 10.0 Å². The second-order valence-electron chi connectivity index (χ2n) is 5.86. The Morgan fingerprint density at radius 3 is 2.38 bits per heavy atom. The zero-order chi connectivity index (χ0) is 18.6. The molecule has 0 unspecified atom stereocenters. The van der Waals surface area contributed by atoms with Gasteiger partial charge in [0.15, 0.2) is 0 Å². The molecule has 0 radical (unpaired) electrons. The van der Waals surface area contributed by atoms with E-state index in [9.17, 15) is 13.2 Å². The van der Waals surface area contributed by atoms with Crippen molar-refractivity contribution in [2.75, 3.05) is 26.2 Å². The average Bonchev–Trinajstić information content (AvgIpc) is 2.67. The summed E-state index contributed by atoms with van der Waals surface area (Å²) in [5.41, 5.74) is 1.26. The number of piperazine rings is 1. The fourth-order valence-electron chi connectivity index (χ4n) is 2.72. The van der Waals surface area contributed by atoms with E-state index in [0.717, 1.165) is 5.56 Å². The van der Waals surface area contributed by atoms with Crippen molar-refractivity contribution < 1.29 is 13.2 Å². The van der Waals surface area contributed by atoms with E-state index in [0.29, 0.717) is 23.3 Å². The predicted octanol–water partition coefficient (Wildman–Crippen LogP) is 2.50. The number of carbonyl (C=O) groups is 1. The fraction of sp³-hybridized carbons (Fsp3) is 0.222. The summed E-state index contributed by atoms with van der Waals surface area (Å²) in [5.74, 6) is -0.177. The van der Waals surface area contributed by atoms with Gasteiger partial charge in [0.2, 0.25) is 10.0 Å². The number of aromatic nitrogens is 1. The molecule has 26 heavy (non-hydrogen) atoms. The lowest BCUT2D eigenvalue weighted by atomic mass is 10.2. The lowest BCUT2D eigenvalue weighted by Gasteiger charge is -2.33. The molecule has 3 rings (SSSR count). The maximum Gasteiger partial charge on any atom is 0.256 e. The number of nitrogens with zero attached hydrogens (tertiary/aromatic N) is 2. The molecule has 0 spiro atoms. The third kappa shape index (κ3) is 4.27. The SMILES string of the molecule is O=C(c1ccc[nH]c1=S)N1CCN(S(=O)(=O)/C=C/c2ccccc2)CC1. The first kappa shape index (κ1) is 18.5. The molecule has 1 aromatic carbocycles. The molecule has 1 N–H and O–H groups in total. The number of sulfonamides is 1. The lowest BCUT2D eigenvalue weighted by molar-refractivity contribution is 0.0697. The Kier molecular flexibility index (Phi) is 5.65. The maximum absolute atomic E-state index is 12.5. The van der Waals surface area contributed by atoms with Crippen LogP contribution in [0, 0.1) is 4.64 Å². The monoisotopic (exact) mass is 389 g/mol. The van der Waals surface area contributed by atoms with E-state index in [1.807, 2.05) is 30.3 Å². The molecule has 1 aromatic heterocycles. The molecule has 2 heterocycles. The van der Waals surface area contributed by atoms with Crippen LogP contribution in [0.15, 0.2) is 54.1 Å². The van der Waals surface area contributed by atoms with Crippen LogP contribution in [0.2, 0.25) is 0 Å². The summed E-state index contributed by atoms with van der Waals surface area (Å²) in [6.07, 6.45) is 3.25. The van der Waals surface area contributed by atoms with Crippen molar-refractivity contribution in [2.24, 2.45) is 0 Å². The van der Waals surface area contributed by atoms with Crippen molar-refractivity contribution >= 4 is 34.2 Å². The molecule has 6 nitrogen and oxygen atoms in total. The number of carbonyl (C=O) groups excluding carboxylic acids is 1. The molecule has 1 saturated heterocycles. The Morgan fingerprint density at radius 2 is 1.73 bits per heavy atom. The fourth-order valence-corrected chi connectivity index (χ4v) is 4.12. The minimum atomic E-state index is -3.52. The van der Waals surface area contributed by atoms with Crippen LogP contribution in [0.1, 0.15) is 15.9 Å². The van der Waals surface area contributed by atoms with Gasteiger partial charge in [-0.1, -0.05) is 42.5 Å². The number of benzene rings is 1. The van der Waals surface area contributed by atoms with Crippen LogP contribution in [0.5, 0.6) is 0 Å². The first-order chi connectivity index (χ1) is 12.5. The topological polar surface area (TPSA) is 73.5 Å². The van der Waals surface area contributed by atoms with Crippen molar-refractivity contribution in [1.82, 2.24) is 14.2 Å². The van der Waals surface area contributed by atoms with Gasteiger partial charge in [-0.2, -0.15) is 4.31 Å². The summed E-state index contributed by atoms with van der Waals surface area (Å²) in [5, 5.41) is 1.22. The van der Waals surface area contributed by atoms with Gasteiger partial charge in [-0.05, 0) is 23.8 Å². The third-order valence-electron chi connectivity index (χ3n) is 4.17. The number of pyridine rings is 1. The Labute approximate surface area is 157 Å². The summed E-state index contributed by atoms with van der Waals surface area (Å²) in [7, 11) is -3.52. The highest BCUT2D eigenvalue weighted by Gasteiger charge is 2.28. The van der Waals surface area contributed by atoms with Gasteiger partial charge in [0.25, 0.3) is 5.91 Å². The van der Waals surface area contributed by atoms with Gasteiger partial charge in [-0.15, -0.1) is 0 Å². The molecule has 1 amide bonds. The molecule has 0 atom stereocenters. The minimum Gasteiger partial charge on any atom is -0.352 e. The van der Waals surface area contributed by atoms with Crippen LogP contribution in [0.3, 0.4) is 0 Å². The van der Waals surface area contributed by atoms with Gasteiger partial charge >= 0.3 is 0 Å².